The molecule has 1 aromatic rings. The second-order valence-corrected chi connectivity index (χ2v) is 5.62. The second-order valence-electron chi connectivity index (χ2n) is 5.62. The molecular weight excluding hydrogens is 236 g/mol. The molecule has 1 saturated carbocycles. The molecule has 1 aliphatic heterocycles. The van der Waals surface area contributed by atoms with Crippen molar-refractivity contribution in [1.29, 1.82) is 0 Å². The molecule has 0 radical (unpaired) electrons. The van der Waals surface area contributed by atoms with Gasteiger partial charge in [-0.05, 0) is 37.4 Å². The predicted octanol–water partition coefficient (Wildman–Crippen LogP) is 2.34. The smallest absolute Gasteiger partial charge is 0.0779 e. The molecule has 104 valence electrons. The summed E-state index contributed by atoms with van der Waals surface area (Å²) in [6.45, 7) is 2.59. The molecule has 1 heterocycles. The molecule has 19 heavy (non-hydrogen) atoms. The Morgan fingerprint density at radius 3 is 2.95 bits per heavy atom. The van der Waals surface area contributed by atoms with E-state index in [2.05, 4.69) is 29.2 Å². The first-order valence-electron chi connectivity index (χ1n) is 7.56. The van der Waals surface area contributed by atoms with Crippen LogP contribution in [0, 0.1) is 0 Å². The highest BCUT2D eigenvalue weighted by molar-refractivity contribution is 5.55. The molecule has 2 aliphatic rings. The lowest BCUT2D eigenvalue weighted by atomic mass is 9.89. The first-order valence-corrected chi connectivity index (χ1v) is 7.56. The Labute approximate surface area is 115 Å². The maximum atomic E-state index is 5.97. The number of fused-ring (bicyclic) bond motifs is 1. The third-order valence-corrected chi connectivity index (χ3v) is 4.45. The number of benzene rings is 1. The minimum absolute atomic E-state index is 0.438. The minimum Gasteiger partial charge on any atom is -0.374 e. The van der Waals surface area contributed by atoms with Gasteiger partial charge in [-0.2, -0.15) is 0 Å². The molecular formula is C16H24N2O. The van der Waals surface area contributed by atoms with Crippen molar-refractivity contribution < 1.29 is 4.74 Å². The average molecular weight is 260 g/mol. The van der Waals surface area contributed by atoms with Crippen molar-refractivity contribution in [3.05, 3.63) is 29.8 Å². The Morgan fingerprint density at radius 2 is 2.05 bits per heavy atom. The van der Waals surface area contributed by atoms with E-state index >= 15 is 0 Å². The van der Waals surface area contributed by atoms with Crippen LogP contribution in [0.1, 0.15) is 31.2 Å². The summed E-state index contributed by atoms with van der Waals surface area (Å²) >= 11 is 0. The summed E-state index contributed by atoms with van der Waals surface area (Å²) in [5.41, 5.74) is 8.52. The van der Waals surface area contributed by atoms with Gasteiger partial charge in [0.15, 0.2) is 0 Å². The highest BCUT2D eigenvalue weighted by atomic mass is 16.5. The van der Waals surface area contributed by atoms with Crippen molar-refractivity contribution in [3.8, 4) is 0 Å². The molecule has 1 aliphatic carbocycles. The number of nitrogens with zero attached hydrogens (tertiary/aromatic N) is 1. The lowest BCUT2D eigenvalue weighted by molar-refractivity contribution is -0.00873. The lowest BCUT2D eigenvalue weighted by Gasteiger charge is -2.45. The topological polar surface area (TPSA) is 38.5 Å². The number of rotatable bonds is 3. The Morgan fingerprint density at radius 1 is 1.21 bits per heavy atom. The van der Waals surface area contributed by atoms with E-state index in [1.807, 2.05) is 0 Å². The van der Waals surface area contributed by atoms with Crippen molar-refractivity contribution in [1.82, 2.24) is 0 Å². The van der Waals surface area contributed by atoms with Crippen LogP contribution in [0.3, 0.4) is 0 Å². The lowest BCUT2D eigenvalue weighted by Crippen LogP contribution is -2.53. The zero-order valence-corrected chi connectivity index (χ0v) is 11.6. The van der Waals surface area contributed by atoms with Gasteiger partial charge in [0.25, 0.3) is 0 Å². The molecule has 2 fully saturated rings. The first kappa shape index (κ1) is 12.9. The third-order valence-electron chi connectivity index (χ3n) is 4.45. The van der Waals surface area contributed by atoms with Crippen LogP contribution in [0.2, 0.25) is 0 Å². The van der Waals surface area contributed by atoms with E-state index in [1.165, 1.54) is 36.9 Å². The fourth-order valence-electron chi connectivity index (χ4n) is 3.55. The van der Waals surface area contributed by atoms with Gasteiger partial charge in [0.05, 0.1) is 18.8 Å². The van der Waals surface area contributed by atoms with Gasteiger partial charge in [0, 0.05) is 12.2 Å². The van der Waals surface area contributed by atoms with E-state index in [0.29, 0.717) is 12.1 Å². The van der Waals surface area contributed by atoms with Crippen LogP contribution < -0.4 is 10.6 Å². The number of para-hydroxylation sites is 1. The molecule has 2 N–H and O–H groups in total. The second kappa shape index (κ2) is 5.93. The van der Waals surface area contributed by atoms with E-state index in [9.17, 15) is 0 Å². The van der Waals surface area contributed by atoms with Gasteiger partial charge in [0.1, 0.15) is 0 Å². The number of ether oxygens (including phenoxy) is 1. The molecule has 1 aromatic carbocycles. The fraction of sp³-hybridized carbons (Fsp3) is 0.625. The summed E-state index contributed by atoms with van der Waals surface area (Å²) in [6.07, 6.45) is 6.54. The Kier molecular flexibility index (Phi) is 4.04. The SMILES string of the molecule is NCCc1ccccc1N1CCOC2CCCCC21. The number of hydrogen-bond acceptors (Lipinski definition) is 3. The molecule has 0 aromatic heterocycles. The van der Waals surface area contributed by atoms with Gasteiger partial charge in [-0.15, -0.1) is 0 Å². The standard InChI is InChI=1S/C16H24N2O/c17-10-9-13-5-1-2-6-14(13)18-11-12-19-16-8-4-3-7-15(16)18/h1-2,5-6,15-16H,3-4,7-12,17H2. The zero-order valence-electron chi connectivity index (χ0n) is 11.6. The molecule has 3 rings (SSSR count). The van der Waals surface area contributed by atoms with Crippen molar-refractivity contribution in [2.45, 2.75) is 44.2 Å². The number of nitrogens with two attached hydrogens (primary N) is 1. The maximum absolute atomic E-state index is 5.97. The highest BCUT2D eigenvalue weighted by Gasteiger charge is 2.34. The normalized spacial score (nSPS) is 27.1. The van der Waals surface area contributed by atoms with Crippen LogP contribution in [0.4, 0.5) is 5.69 Å². The summed E-state index contributed by atoms with van der Waals surface area (Å²) in [5.74, 6) is 0. The summed E-state index contributed by atoms with van der Waals surface area (Å²) in [5, 5.41) is 0. The number of morpholine rings is 1. The van der Waals surface area contributed by atoms with Crippen LogP contribution >= 0.6 is 0 Å². The summed E-state index contributed by atoms with van der Waals surface area (Å²) in [4.78, 5) is 2.58. The van der Waals surface area contributed by atoms with E-state index in [1.54, 1.807) is 0 Å². The van der Waals surface area contributed by atoms with Crippen molar-refractivity contribution in [2.24, 2.45) is 5.73 Å². The molecule has 3 heteroatoms. The quantitative estimate of drug-likeness (QED) is 0.906. The fourth-order valence-corrected chi connectivity index (χ4v) is 3.55. The van der Waals surface area contributed by atoms with Crippen molar-refractivity contribution in [3.63, 3.8) is 0 Å². The van der Waals surface area contributed by atoms with Gasteiger partial charge >= 0.3 is 0 Å². The van der Waals surface area contributed by atoms with Gasteiger partial charge in [-0.1, -0.05) is 31.0 Å². The maximum Gasteiger partial charge on any atom is 0.0779 e. The zero-order chi connectivity index (χ0) is 13.1. The monoisotopic (exact) mass is 260 g/mol. The summed E-state index contributed by atoms with van der Waals surface area (Å²) in [7, 11) is 0. The molecule has 2 unspecified atom stereocenters. The van der Waals surface area contributed by atoms with E-state index < -0.39 is 0 Å². The van der Waals surface area contributed by atoms with Gasteiger partial charge in [0.2, 0.25) is 0 Å². The highest BCUT2D eigenvalue weighted by Crippen LogP contribution is 2.33. The Balaban J connectivity index is 1.87. The van der Waals surface area contributed by atoms with Crippen LogP contribution in [0.5, 0.6) is 0 Å². The van der Waals surface area contributed by atoms with Gasteiger partial charge in [-0.3, -0.25) is 0 Å². The largest absolute Gasteiger partial charge is 0.374 e. The molecule has 0 bridgehead atoms. The average Bonchev–Trinajstić information content (AvgIpc) is 2.48. The van der Waals surface area contributed by atoms with E-state index in [4.69, 9.17) is 10.5 Å². The van der Waals surface area contributed by atoms with Crippen LogP contribution in [0.25, 0.3) is 0 Å². The molecule has 0 spiro atoms. The van der Waals surface area contributed by atoms with Crippen LogP contribution in [-0.2, 0) is 11.2 Å². The number of anilines is 1. The number of hydrogen-bond donors (Lipinski definition) is 1. The molecule has 3 nitrogen and oxygen atoms in total. The Hall–Kier alpha value is -1.06. The molecule has 2 atom stereocenters. The van der Waals surface area contributed by atoms with Gasteiger partial charge < -0.3 is 15.4 Å². The third kappa shape index (κ3) is 2.63. The summed E-state index contributed by atoms with van der Waals surface area (Å²) in [6, 6.07) is 9.30. The predicted molar refractivity (Wildman–Crippen MR) is 78.5 cm³/mol. The van der Waals surface area contributed by atoms with Crippen molar-refractivity contribution >= 4 is 5.69 Å². The van der Waals surface area contributed by atoms with Crippen LogP contribution in [-0.4, -0.2) is 31.8 Å². The van der Waals surface area contributed by atoms with Crippen LogP contribution in [0.15, 0.2) is 24.3 Å². The van der Waals surface area contributed by atoms with E-state index in [-0.39, 0.29) is 0 Å². The van der Waals surface area contributed by atoms with Crippen molar-refractivity contribution in [2.75, 3.05) is 24.6 Å². The Bertz CT molecular complexity index is 419. The molecule has 1 saturated heterocycles. The molecule has 0 amide bonds. The minimum atomic E-state index is 0.438. The summed E-state index contributed by atoms with van der Waals surface area (Å²) < 4.78 is 5.97. The first-order chi connectivity index (χ1) is 9.40. The van der Waals surface area contributed by atoms with E-state index in [0.717, 1.165) is 26.1 Å². The van der Waals surface area contributed by atoms with Gasteiger partial charge in [-0.25, -0.2) is 0 Å².